The van der Waals surface area contributed by atoms with Gasteiger partial charge in [-0.2, -0.15) is 0 Å². The van der Waals surface area contributed by atoms with Crippen molar-refractivity contribution >= 4 is 5.97 Å². The lowest BCUT2D eigenvalue weighted by molar-refractivity contribution is -0.141. The van der Waals surface area contributed by atoms with Gasteiger partial charge >= 0.3 is 5.97 Å². The molecule has 2 N–H and O–H groups in total. The third-order valence-electron chi connectivity index (χ3n) is 4.48. The molecule has 3 rings (SSSR count). The number of nitrogens with one attached hydrogen (secondary N) is 1. The van der Waals surface area contributed by atoms with Crippen LogP contribution in [0.4, 0.5) is 0 Å². The molecule has 3 nitrogen and oxygen atoms in total. The monoisotopic (exact) mass is 295 g/mol. The van der Waals surface area contributed by atoms with Crippen molar-refractivity contribution in [1.82, 2.24) is 5.32 Å². The molecule has 0 bridgehead atoms. The van der Waals surface area contributed by atoms with E-state index in [-0.39, 0.29) is 12.0 Å². The van der Waals surface area contributed by atoms with Crippen LogP contribution in [0.2, 0.25) is 0 Å². The lowest BCUT2D eigenvalue weighted by Gasteiger charge is -2.15. The molecule has 22 heavy (non-hydrogen) atoms. The minimum absolute atomic E-state index is 0.134. The highest BCUT2D eigenvalue weighted by molar-refractivity contribution is 5.71. The highest BCUT2D eigenvalue weighted by Gasteiger charge is 2.30. The van der Waals surface area contributed by atoms with E-state index < -0.39 is 5.97 Å². The molecule has 2 aromatic rings. The van der Waals surface area contributed by atoms with Gasteiger partial charge in [0.25, 0.3) is 0 Å². The quantitative estimate of drug-likeness (QED) is 0.905. The lowest BCUT2D eigenvalue weighted by atomic mass is 9.92. The van der Waals surface area contributed by atoms with E-state index in [1.807, 2.05) is 6.07 Å². The van der Waals surface area contributed by atoms with Gasteiger partial charge in [-0.25, -0.2) is 0 Å². The Balaban J connectivity index is 1.93. The Bertz CT molecular complexity index is 666. The summed E-state index contributed by atoms with van der Waals surface area (Å²) in [7, 11) is 0. The Morgan fingerprint density at radius 1 is 1.23 bits per heavy atom. The standard InChI is InChI=1S/C19H21NO2/c1-2-13-8-9-15(18-11-16(12-20-18)19(21)22)10-17(13)14-6-4-3-5-7-14/h3-10,16,18,20H,2,11-12H2,1H3,(H,21,22). The van der Waals surface area contributed by atoms with Crippen molar-refractivity contribution in [1.29, 1.82) is 0 Å². The molecule has 2 atom stereocenters. The van der Waals surface area contributed by atoms with Gasteiger partial charge in [0.2, 0.25) is 0 Å². The average molecular weight is 295 g/mol. The van der Waals surface area contributed by atoms with Gasteiger partial charge in [-0.1, -0.05) is 49.4 Å². The molecular formula is C19H21NO2. The smallest absolute Gasteiger partial charge is 0.307 e. The summed E-state index contributed by atoms with van der Waals surface area (Å²) in [6, 6.07) is 17.0. The van der Waals surface area contributed by atoms with Gasteiger partial charge in [0.05, 0.1) is 5.92 Å². The highest BCUT2D eigenvalue weighted by atomic mass is 16.4. The third kappa shape index (κ3) is 2.90. The van der Waals surface area contributed by atoms with Crippen LogP contribution in [0.15, 0.2) is 48.5 Å². The Hall–Kier alpha value is -2.13. The second kappa shape index (κ2) is 6.32. The zero-order valence-electron chi connectivity index (χ0n) is 12.8. The summed E-state index contributed by atoms with van der Waals surface area (Å²) in [6.07, 6.45) is 1.65. The first-order valence-corrected chi connectivity index (χ1v) is 7.83. The molecule has 1 fully saturated rings. The van der Waals surface area contributed by atoms with E-state index in [1.165, 1.54) is 22.3 Å². The second-order valence-corrected chi connectivity index (χ2v) is 5.87. The van der Waals surface area contributed by atoms with Crippen molar-refractivity contribution in [3.8, 4) is 11.1 Å². The molecule has 0 saturated carbocycles. The predicted octanol–water partition coefficient (Wildman–Crippen LogP) is 3.65. The molecule has 1 aliphatic heterocycles. The maximum absolute atomic E-state index is 11.1. The van der Waals surface area contributed by atoms with Gasteiger partial charge in [0.1, 0.15) is 0 Å². The molecule has 1 heterocycles. The van der Waals surface area contributed by atoms with Crippen LogP contribution in [-0.4, -0.2) is 17.6 Å². The van der Waals surface area contributed by atoms with Crippen LogP contribution in [0.3, 0.4) is 0 Å². The minimum Gasteiger partial charge on any atom is -0.481 e. The van der Waals surface area contributed by atoms with Crippen LogP contribution < -0.4 is 5.32 Å². The van der Waals surface area contributed by atoms with E-state index in [4.69, 9.17) is 5.11 Å². The normalized spacial score (nSPS) is 21.0. The Morgan fingerprint density at radius 2 is 2.00 bits per heavy atom. The zero-order chi connectivity index (χ0) is 15.5. The maximum Gasteiger partial charge on any atom is 0.307 e. The molecule has 0 aliphatic carbocycles. The van der Waals surface area contributed by atoms with Crippen LogP contribution in [0.25, 0.3) is 11.1 Å². The van der Waals surface area contributed by atoms with Crippen molar-refractivity contribution in [3.63, 3.8) is 0 Å². The summed E-state index contributed by atoms with van der Waals surface area (Å²) < 4.78 is 0. The van der Waals surface area contributed by atoms with Crippen molar-refractivity contribution in [3.05, 3.63) is 59.7 Å². The summed E-state index contributed by atoms with van der Waals surface area (Å²) in [4.78, 5) is 11.1. The molecule has 114 valence electrons. The van der Waals surface area contributed by atoms with Crippen molar-refractivity contribution in [2.24, 2.45) is 5.92 Å². The molecule has 1 saturated heterocycles. The highest BCUT2D eigenvalue weighted by Crippen LogP contribution is 2.32. The molecule has 0 radical (unpaired) electrons. The molecular weight excluding hydrogens is 274 g/mol. The second-order valence-electron chi connectivity index (χ2n) is 5.87. The first kappa shape index (κ1) is 14.8. The number of rotatable bonds is 4. The number of hydrogen-bond donors (Lipinski definition) is 2. The fourth-order valence-corrected chi connectivity index (χ4v) is 3.18. The van der Waals surface area contributed by atoms with Gasteiger partial charge in [-0.15, -0.1) is 0 Å². The lowest BCUT2D eigenvalue weighted by Crippen LogP contribution is -2.17. The van der Waals surface area contributed by atoms with E-state index in [2.05, 4.69) is 54.7 Å². The molecule has 0 aromatic heterocycles. The fraction of sp³-hybridized carbons (Fsp3) is 0.316. The first-order chi connectivity index (χ1) is 10.7. The zero-order valence-corrected chi connectivity index (χ0v) is 12.8. The summed E-state index contributed by atoms with van der Waals surface area (Å²) in [5, 5.41) is 12.5. The Morgan fingerprint density at radius 3 is 2.64 bits per heavy atom. The Kier molecular flexibility index (Phi) is 4.25. The number of carboxylic acids is 1. The van der Waals surface area contributed by atoms with Crippen LogP contribution in [-0.2, 0) is 11.2 Å². The average Bonchev–Trinajstić information content (AvgIpc) is 3.05. The fourth-order valence-electron chi connectivity index (χ4n) is 3.18. The van der Waals surface area contributed by atoms with Gasteiger partial charge in [0, 0.05) is 12.6 Å². The molecule has 2 unspecified atom stereocenters. The van der Waals surface area contributed by atoms with E-state index in [0.717, 1.165) is 6.42 Å². The topological polar surface area (TPSA) is 49.3 Å². The predicted molar refractivity (Wildman–Crippen MR) is 87.7 cm³/mol. The Labute approximate surface area is 131 Å². The van der Waals surface area contributed by atoms with Crippen LogP contribution in [0.1, 0.15) is 30.5 Å². The van der Waals surface area contributed by atoms with Crippen molar-refractivity contribution in [2.75, 3.05) is 6.54 Å². The van der Waals surface area contributed by atoms with Crippen LogP contribution >= 0.6 is 0 Å². The number of hydrogen-bond acceptors (Lipinski definition) is 2. The summed E-state index contributed by atoms with van der Waals surface area (Å²) in [5.41, 5.74) is 4.97. The van der Waals surface area contributed by atoms with Crippen LogP contribution in [0, 0.1) is 5.92 Å². The third-order valence-corrected chi connectivity index (χ3v) is 4.48. The van der Waals surface area contributed by atoms with Gasteiger partial charge in [0.15, 0.2) is 0 Å². The molecule has 2 aromatic carbocycles. The number of aryl methyl sites for hydroxylation is 1. The van der Waals surface area contributed by atoms with Crippen molar-refractivity contribution in [2.45, 2.75) is 25.8 Å². The largest absolute Gasteiger partial charge is 0.481 e. The van der Waals surface area contributed by atoms with E-state index in [1.54, 1.807) is 0 Å². The van der Waals surface area contributed by atoms with E-state index in [9.17, 15) is 4.79 Å². The van der Waals surface area contributed by atoms with E-state index >= 15 is 0 Å². The number of aliphatic carboxylic acids is 1. The number of carbonyl (C=O) groups is 1. The summed E-state index contributed by atoms with van der Waals surface area (Å²) in [6.45, 7) is 2.71. The summed E-state index contributed by atoms with van der Waals surface area (Å²) >= 11 is 0. The molecule has 0 amide bonds. The molecule has 0 spiro atoms. The SMILES string of the molecule is CCc1ccc(C2CC(C(=O)O)CN2)cc1-c1ccccc1. The number of carboxylic acid groups (broad SMARTS) is 1. The van der Waals surface area contributed by atoms with Crippen LogP contribution in [0.5, 0.6) is 0 Å². The minimum atomic E-state index is -0.705. The first-order valence-electron chi connectivity index (χ1n) is 7.83. The van der Waals surface area contributed by atoms with Crippen molar-refractivity contribution < 1.29 is 9.90 Å². The maximum atomic E-state index is 11.1. The van der Waals surface area contributed by atoms with E-state index in [0.29, 0.717) is 13.0 Å². The van der Waals surface area contributed by atoms with Gasteiger partial charge in [-0.05, 0) is 41.2 Å². The van der Waals surface area contributed by atoms with Gasteiger partial charge < -0.3 is 10.4 Å². The molecule has 3 heteroatoms. The summed E-state index contributed by atoms with van der Waals surface area (Å²) in [5.74, 6) is -0.987. The molecule has 1 aliphatic rings. The number of benzene rings is 2. The van der Waals surface area contributed by atoms with Gasteiger partial charge in [-0.3, -0.25) is 4.79 Å².